The van der Waals surface area contributed by atoms with Gasteiger partial charge in [0.15, 0.2) is 0 Å². The molecule has 0 radical (unpaired) electrons. The van der Waals surface area contributed by atoms with Gasteiger partial charge in [-0.25, -0.2) is 0 Å². The van der Waals surface area contributed by atoms with E-state index in [-0.39, 0.29) is 30.3 Å². The highest BCUT2D eigenvalue weighted by molar-refractivity contribution is 5.95. The van der Waals surface area contributed by atoms with E-state index >= 15 is 0 Å². The summed E-state index contributed by atoms with van der Waals surface area (Å²) in [5, 5.41) is 2.84. The number of likely N-dealkylation sites (tertiary alicyclic amines) is 1. The summed E-state index contributed by atoms with van der Waals surface area (Å²) in [6.07, 6.45) is 2.02. The Morgan fingerprint density at radius 1 is 1.42 bits per heavy atom. The summed E-state index contributed by atoms with van der Waals surface area (Å²) in [6.45, 7) is 7.15. The molecule has 2 rings (SSSR count). The van der Waals surface area contributed by atoms with Crippen LogP contribution in [-0.4, -0.2) is 60.9 Å². The van der Waals surface area contributed by atoms with Crippen LogP contribution >= 0.6 is 0 Å². The van der Waals surface area contributed by atoms with Gasteiger partial charge in [-0.2, -0.15) is 0 Å². The molecule has 0 bridgehead atoms. The lowest BCUT2D eigenvalue weighted by Gasteiger charge is -2.36. The smallest absolute Gasteiger partial charge is 0.245 e. The topological polar surface area (TPSA) is 52.7 Å². The molecule has 3 atom stereocenters. The number of hydrogen-bond donors (Lipinski definition) is 1. The molecule has 0 aromatic heterocycles. The van der Waals surface area contributed by atoms with Gasteiger partial charge in [0.25, 0.3) is 0 Å². The summed E-state index contributed by atoms with van der Waals surface area (Å²) in [5.74, 6) is 0.794. The summed E-state index contributed by atoms with van der Waals surface area (Å²) in [7, 11) is 2.10. The molecule has 5 heteroatoms. The molecule has 2 aliphatic heterocycles. The van der Waals surface area contributed by atoms with Crippen LogP contribution in [0, 0.1) is 11.8 Å². The molecule has 0 spiro atoms. The first-order chi connectivity index (χ1) is 9.01. The van der Waals surface area contributed by atoms with Gasteiger partial charge in [0, 0.05) is 13.1 Å². The van der Waals surface area contributed by atoms with Crippen molar-refractivity contribution in [2.75, 3.05) is 33.2 Å². The molecule has 5 nitrogen and oxygen atoms in total. The Hall–Kier alpha value is -1.10. The second kappa shape index (κ2) is 5.90. The van der Waals surface area contributed by atoms with E-state index in [1.807, 2.05) is 6.92 Å². The molecule has 1 N–H and O–H groups in total. The first kappa shape index (κ1) is 14.3. The van der Waals surface area contributed by atoms with E-state index in [9.17, 15) is 9.59 Å². The largest absolute Gasteiger partial charge is 0.342 e. The average Bonchev–Trinajstić information content (AvgIpc) is 2.78. The average molecular weight is 267 g/mol. The number of carbonyl (C=O) groups excluding carboxylic acids is 2. The van der Waals surface area contributed by atoms with Gasteiger partial charge in [-0.3, -0.25) is 9.59 Å². The van der Waals surface area contributed by atoms with E-state index in [1.54, 1.807) is 4.90 Å². The van der Waals surface area contributed by atoms with Crippen LogP contribution in [0.25, 0.3) is 0 Å². The van der Waals surface area contributed by atoms with E-state index in [0.717, 1.165) is 32.5 Å². The minimum absolute atomic E-state index is 0.0174. The highest BCUT2D eigenvalue weighted by atomic mass is 16.2. The van der Waals surface area contributed by atoms with Crippen molar-refractivity contribution in [1.82, 2.24) is 15.1 Å². The number of piperazine rings is 1. The van der Waals surface area contributed by atoms with Crippen molar-refractivity contribution < 1.29 is 9.59 Å². The lowest BCUT2D eigenvalue weighted by atomic mass is 9.95. The van der Waals surface area contributed by atoms with Crippen LogP contribution in [0.2, 0.25) is 0 Å². The number of rotatable bonds is 4. The predicted molar refractivity (Wildman–Crippen MR) is 73.6 cm³/mol. The fraction of sp³-hybridized carbons (Fsp3) is 0.857. The van der Waals surface area contributed by atoms with Gasteiger partial charge in [0.05, 0.1) is 6.54 Å². The first-order valence-corrected chi connectivity index (χ1v) is 7.28. The van der Waals surface area contributed by atoms with Gasteiger partial charge in [0.1, 0.15) is 6.04 Å². The quantitative estimate of drug-likeness (QED) is 0.797. The molecule has 2 heterocycles. The molecule has 0 saturated carbocycles. The summed E-state index contributed by atoms with van der Waals surface area (Å²) in [4.78, 5) is 28.3. The highest BCUT2D eigenvalue weighted by Gasteiger charge is 2.36. The monoisotopic (exact) mass is 267 g/mol. The molecule has 0 aromatic rings. The van der Waals surface area contributed by atoms with Crippen molar-refractivity contribution >= 4 is 11.8 Å². The molecule has 2 amide bonds. The molecule has 108 valence electrons. The van der Waals surface area contributed by atoms with Crippen molar-refractivity contribution in [1.29, 1.82) is 0 Å². The third-order valence-electron chi connectivity index (χ3n) is 4.41. The summed E-state index contributed by atoms with van der Waals surface area (Å²) in [6, 6.07) is -0.328. The third-order valence-corrected chi connectivity index (χ3v) is 4.41. The van der Waals surface area contributed by atoms with Gasteiger partial charge in [-0.05, 0) is 31.8 Å². The van der Waals surface area contributed by atoms with Gasteiger partial charge < -0.3 is 15.1 Å². The molecular formula is C14H25N3O2. The van der Waals surface area contributed by atoms with Gasteiger partial charge >= 0.3 is 0 Å². The van der Waals surface area contributed by atoms with Crippen molar-refractivity contribution in [2.24, 2.45) is 11.8 Å². The van der Waals surface area contributed by atoms with Crippen LogP contribution in [-0.2, 0) is 9.59 Å². The van der Waals surface area contributed by atoms with E-state index in [1.165, 1.54) is 0 Å². The minimum Gasteiger partial charge on any atom is -0.342 e. The highest BCUT2D eigenvalue weighted by Crippen LogP contribution is 2.19. The number of hydrogen-bond acceptors (Lipinski definition) is 3. The Morgan fingerprint density at radius 3 is 2.74 bits per heavy atom. The lowest BCUT2D eigenvalue weighted by Crippen LogP contribution is -2.60. The molecular weight excluding hydrogens is 242 g/mol. The number of amides is 2. The second-order valence-electron chi connectivity index (χ2n) is 6.07. The Morgan fingerprint density at radius 2 is 2.16 bits per heavy atom. The molecule has 19 heavy (non-hydrogen) atoms. The predicted octanol–water partition coefficient (Wildman–Crippen LogP) is 0.311. The summed E-state index contributed by atoms with van der Waals surface area (Å²) < 4.78 is 0. The van der Waals surface area contributed by atoms with Crippen molar-refractivity contribution in [3.8, 4) is 0 Å². The van der Waals surface area contributed by atoms with Crippen LogP contribution < -0.4 is 5.32 Å². The minimum atomic E-state index is -0.328. The van der Waals surface area contributed by atoms with Crippen molar-refractivity contribution in [2.45, 2.75) is 32.7 Å². The fourth-order valence-electron chi connectivity index (χ4n) is 2.99. The Bertz CT molecular complexity index is 359. The zero-order valence-electron chi connectivity index (χ0n) is 12.2. The van der Waals surface area contributed by atoms with Gasteiger partial charge in [-0.1, -0.05) is 20.3 Å². The molecule has 0 aromatic carbocycles. The van der Waals surface area contributed by atoms with Crippen LogP contribution in [0.4, 0.5) is 0 Å². The summed E-state index contributed by atoms with van der Waals surface area (Å²) in [5.41, 5.74) is 0. The summed E-state index contributed by atoms with van der Waals surface area (Å²) >= 11 is 0. The third kappa shape index (κ3) is 3.26. The van der Waals surface area contributed by atoms with Crippen LogP contribution in [0.3, 0.4) is 0 Å². The Labute approximate surface area is 115 Å². The van der Waals surface area contributed by atoms with E-state index in [0.29, 0.717) is 5.92 Å². The normalized spacial score (nSPS) is 30.6. The number of carbonyl (C=O) groups is 2. The van der Waals surface area contributed by atoms with Gasteiger partial charge in [-0.15, -0.1) is 0 Å². The standard InChI is InChI=1S/C14H25N3O2/c1-4-10(2)13-14(19)17(9-12(18)15-13)8-11-5-6-16(3)7-11/h10-11,13H,4-9H2,1-3H3,(H,15,18). The molecule has 2 aliphatic rings. The van der Waals surface area contributed by atoms with E-state index < -0.39 is 0 Å². The van der Waals surface area contributed by atoms with Crippen LogP contribution in [0.1, 0.15) is 26.7 Å². The molecule has 2 fully saturated rings. The zero-order chi connectivity index (χ0) is 14.0. The molecule has 2 saturated heterocycles. The Balaban J connectivity index is 1.99. The first-order valence-electron chi connectivity index (χ1n) is 7.28. The maximum absolute atomic E-state index is 12.4. The lowest BCUT2D eigenvalue weighted by molar-refractivity contribution is -0.146. The zero-order valence-corrected chi connectivity index (χ0v) is 12.2. The molecule has 3 unspecified atom stereocenters. The second-order valence-corrected chi connectivity index (χ2v) is 6.07. The maximum Gasteiger partial charge on any atom is 0.245 e. The maximum atomic E-state index is 12.4. The van der Waals surface area contributed by atoms with Crippen molar-refractivity contribution in [3.63, 3.8) is 0 Å². The van der Waals surface area contributed by atoms with Crippen LogP contribution in [0.15, 0.2) is 0 Å². The number of nitrogens with zero attached hydrogens (tertiary/aromatic N) is 2. The fourth-order valence-corrected chi connectivity index (χ4v) is 2.99. The Kier molecular flexibility index (Phi) is 4.45. The SMILES string of the molecule is CCC(C)C1NC(=O)CN(CC2CCN(C)C2)C1=O. The van der Waals surface area contributed by atoms with Gasteiger partial charge in [0.2, 0.25) is 11.8 Å². The molecule has 0 aliphatic carbocycles. The number of nitrogens with one attached hydrogen (secondary N) is 1. The van der Waals surface area contributed by atoms with E-state index in [4.69, 9.17) is 0 Å². The van der Waals surface area contributed by atoms with E-state index in [2.05, 4.69) is 24.2 Å². The van der Waals surface area contributed by atoms with Crippen LogP contribution in [0.5, 0.6) is 0 Å². The van der Waals surface area contributed by atoms with Crippen molar-refractivity contribution in [3.05, 3.63) is 0 Å².